The van der Waals surface area contributed by atoms with Crippen LogP contribution >= 0.6 is 0 Å². The number of aryl methyl sites for hydroxylation is 1. The Labute approximate surface area is 89.9 Å². The van der Waals surface area contributed by atoms with Crippen LogP contribution in [0.4, 0.5) is 0 Å². The molecule has 0 atom stereocenters. The molecule has 0 amide bonds. The van der Waals surface area contributed by atoms with Crippen LogP contribution in [0.2, 0.25) is 0 Å². The minimum absolute atomic E-state index is 0.202. The molecule has 2 aromatic heterocycles. The van der Waals surface area contributed by atoms with Gasteiger partial charge in [0.2, 0.25) is 5.43 Å². The van der Waals surface area contributed by atoms with Gasteiger partial charge in [0.15, 0.2) is 5.65 Å². The molecule has 6 nitrogen and oxygen atoms in total. The minimum atomic E-state index is -1.30. The van der Waals surface area contributed by atoms with Gasteiger partial charge in [0.1, 0.15) is 5.56 Å². The van der Waals surface area contributed by atoms with E-state index in [9.17, 15) is 9.59 Å². The van der Waals surface area contributed by atoms with E-state index in [1.165, 1.54) is 6.07 Å². The monoisotopic (exact) mass is 219 g/mol. The first-order valence-electron chi connectivity index (χ1n) is 4.52. The number of hydrogen-bond donors (Lipinski definition) is 2. The number of carbonyl (C=O) groups is 1. The predicted molar refractivity (Wildman–Crippen MR) is 57.8 cm³/mol. The lowest BCUT2D eigenvalue weighted by Crippen LogP contribution is -2.23. The molecule has 0 aliphatic heterocycles. The number of carboxylic acids is 1. The third kappa shape index (κ3) is 1.40. The summed E-state index contributed by atoms with van der Waals surface area (Å²) in [6.45, 7) is 1.76. The molecule has 0 aliphatic carbocycles. The largest absolute Gasteiger partial charge is 0.477 e. The standard InChI is InChI=1S/C10H9N3O3/c1-5-2-3-6-8(14)7(10(15)16)4-13(11)9(6)12-5/h2-4H,11H2,1H3,(H,15,16). The molecule has 0 aromatic carbocycles. The van der Waals surface area contributed by atoms with Crippen LogP contribution in [-0.2, 0) is 0 Å². The summed E-state index contributed by atoms with van der Waals surface area (Å²) in [5.74, 6) is 4.29. The summed E-state index contributed by atoms with van der Waals surface area (Å²) in [5.41, 5.74) is 0.0431. The molecule has 3 N–H and O–H groups in total. The lowest BCUT2D eigenvalue weighted by atomic mass is 10.2. The first-order valence-corrected chi connectivity index (χ1v) is 4.52. The Hall–Kier alpha value is -2.37. The molecule has 6 heteroatoms. The molecule has 0 fully saturated rings. The summed E-state index contributed by atoms with van der Waals surface area (Å²) in [4.78, 5) is 26.6. The van der Waals surface area contributed by atoms with Gasteiger partial charge in [-0.3, -0.25) is 9.47 Å². The van der Waals surface area contributed by atoms with Crippen molar-refractivity contribution in [3.63, 3.8) is 0 Å². The van der Waals surface area contributed by atoms with Crippen molar-refractivity contribution in [2.75, 3.05) is 5.84 Å². The highest BCUT2D eigenvalue weighted by Gasteiger charge is 2.14. The average molecular weight is 219 g/mol. The summed E-state index contributed by atoms with van der Waals surface area (Å²) >= 11 is 0. The van der Waals surface area contributed by atoms with Crippen molar-refractivity contribution in [2.24, 2.45) is 0 Å². The van der Waals surface area contributed by atoms with Gasteiger partial charge in [-0.25, -0.2) is 9.78 Å². The van der Waals surface area contributed by atoms with Gasteiger partial charge in [-0.05, 0) is 19.1 Å². The van der Waals surface area contributed by atoms with E-state index in [-0.39, 0.29) is 16.6 Å². The molecular formula is C10H9N3O3. The molecule has 2 aromatic rings. The maximum atomic E-state index is 11.7. The van der Waals surface area contributed by atoms with Crippen LogP contribution in [0.25, 0.3) is 11.0 Å². The molecule has 16 heavy (non-hydrogen) atoms. The van der Waals surface area contributed by atoms with Gasteiger partial charge in [-0.1, -0.05) is 0 Å². The lowest BCUT2D eigenvalue weighted by molar-refractivity contribution is 0.0695. The number of fused-ring (bicyclic) bond motifs is 1. The van der Waals surface area contributed by atoms with E-state index in [4.69, 9.17) is 10.9 Å². The number of nitrogen functional groups attached to an aromatic ring is 1. The molecule has 0 saturated heterocycles. The zero-order chi connectivity index (χ0) is 11.9. The van der Waals surface area contributed by atoms with Crippen LogP contribution in [0, 0.1) is 6.92 Å². The number of aromatic nitrogens is 2. The average Bonchev–Trinajstić information content (AvgIpc) is 2.22. The Morgan fingerprint density at radius 1 is 1.50 bits per heavy atom. The van der Waals surface area contributed by atoms with Crippen molar-refractivity contribution < 1.29 is 9.90 Å². The van der Waals surface area contributed by atoms with Crippen molar-refractivity contribution in [2.45, 2.75) is 6.92 Å². The third-order valence-electron chi connectivity index (χ3n) is 2.25. The van der Waals surface area contributed by atoms with E-state index in [0.29, 0.717) is 5.69 Å². The second-order valence-electron chi connectivity index (χ2n) is 3.41. The predicted octanol–water partition coefficient (Wildman–Crippen LogP) is 0.117. The molecular weight excluding hydrogens is 210 g/mol. The van der Waals surface area contributed by atoms with Gasteiger partial charge < -0.3 is 10.9 Å². The smallest absolute Gasteiger partial charge is 0.341 e. The van der Waals surface area contributed by atoms with E-state index >= 15 is 0 Å². The minimum Gasteiger partial charge on any atom is -0.477 e. The van der Waals surface area contributed by atoms with E-state index in [0.717, 1.165) is 10.9 Å². The highest BCUT2D eigenvalue weighted by molar-refractivity contribution is 5.91. The highest BCUT2D eigenvalue weighted by atomic mass is 16.4. The lowest BCUT2D eigenvalue weighted by Gasteiger charge is -2.06. The van der Waals surface area contributed by atoms with Crippen molar-refractivity contribution in [1.29, 1.82) is 0 Å². The van der Waals surface area contributed by atoms with E-state index in [2.05, 4.69) is 4.98 Å². The fourth-order valence-corrected chi connectivity index (χ4v) is 1.47. The molecule has 82 valence electrons. The van der Waals surface area contributed by atoms with Crippen molar-refractivity contribution in [3.05, 3.63) is 39.8 Å². The van der Waals surface area contributed by atoms with Gasteiger partial charge in [0.05, 0.1) is 5.39 Å². The topological polar surface area (TPSA) is 98.2 Å². The Balaban J connectivity index is 2.96. The number of nitrogens with two attached hydrogens (primary N) is 1. The molecule has 0 spiro atoms. The summed E-state index contributed by atoms with van der Waals surface area (Å²) in [7, 11) is 0. The number of aromatic carboxylic acids is 1. The SMILES string of the molecule is Cc1ccc2c(=O)c(C(=O)O)cn(N)c2n1. The first-order chi connectivity index (χ1) is 7.50. The number of pyridine rings is 2. The van der Waals surface area contributed by atoms with Crippen LogP contribution < -0.4 is 11.3 Å². The second-order valence-corrected chi connectivity index (χ2v) is 3.41. The Morgan fingerprint density at radius 3 is 2.81 bits per heavy atom. The number of hydrogen-bond acceptors (Lipinski definition) is 4. The van der Waals surface area contributed by atoms with Gasteiger partial charge >= 0.3 is 5.97 Å². The molecule has 0 radical (unpaired) electrons. The van der Waals surface area contributed by atoms with Crippen LogP contribution in [0.3, 0.4) is 0 Å². The van der Waals surface area contributed by atoms with E-state index in [1.807, 2.05) is 0 Å². The highest BCUT2D eigenvalue weighted by Crippen LogP contribution is 2.08. The third-order valence-corrected chi connectivity index (χ3v) is 2.25. The fraction of sp³-hybridized carbons (Fsp3) is 0.100. The van der Waals surface area contributed by atoms with Crippen LogP contribution in [-0.4, -0.2) is 20.7 Å². The van der Waals surface area contributed by atoms with Gasteiger partial charge in [-0.2, -0.15) is 0 Å². The molecule has 2 heterocycles. The molecule has 0 aliphatic rings. The zero-order valence-electron chi connectivity index (χ0n) is 8.47. The van der Waals surface area contributed by atoms with Crippen LogP contribution in [0.15, 0.2) is 23.1 Å². The summed E-state index contributed by atoms with van der Waals surface area (Å²) < 4.78 is 1.05. The normalized spacial score (nSPS) is 10.6. The zero-order valence-corrected chi connectivity index (χ0v) is 8.47. The molecule has 0 bridgehead atoms. The molecule has 0 unspecified atom stereocenters. The number of carboxylic acid groups (broad SMARTS) is 1. The van der Waals surface area contributed by atoms with Crippen molar-refractivity contribution in [3.8, 4) is 0 Å². The van der Waals surface area contributed by atoms with Gasteiger partial charge in [-0.15, -0.1) is 0 Å². The van der Waals surface area contributed by atoms with Gasteiger partial charge in [0, 0.05) is 11.9 Å². The fourth-order valence-electron chi connectivity index (χ4n) is 1.47. The summed E-state index contributed by atoms with van der Waals surface area (Å²) in [6.07, 6.45) is 1.07. The van der Waals surface area contributed by atoms with Gasteiger partial charge in [0.25, 0.3) is 0 Å². The molecule has 2 rings (SSSR count). The Bertz CT molecular complexity index is 646. The van der Waals surface area contributed by atoms with Crippen molar-refractivity contribution in [1.82, 2.24) is 9.66 Å². The van der Waals surface area contributed by atoms with Crippen LogP contribution in [0.1, 0.15) is 16.1 Å². The maximum Gasteiger partial charge on any atom is 0.341 e. The van der Waals surface area contributed by atoms with Crippen LogP contribution in [0.5, 0.6) is 0 Å². The van der Waals surface area contributed by atoms with Crippen molar-refractivity contribution >= 4 is 17.0 Å². The summed E-state index contributed by atoms with van der Waals surface area (Å²) in [5, 5.41) is 9.02. The first kappa shape index (κ1) is 10.2. The molecule has 0 saturated carbocycles. The number of nitrogens with zero attached hydrogens (tertiary/aromatic N) is 2. The second kappa shape index (κ2) is 3.34. The quantitative estimate of drug-likeness (QED) is 0.663. The Morgan fingerprint density at radius 2 is 2.19 bits per heavy atom. The number of rotatable bonds is 1. The summed E-state index contributed by atoms with van der Waals surface area (Å²) in [6, 6.07) is 3.16. The Kier molecular flexibility index (Phi) is 2.12. The van der Waals surface area contributed by atoms with E-state index in [1.54, 1.807) is 13.0 Å². The van der Waals surface area contributed by atoms with E-state index < -0.39 is 11.4 Å². The maximum absolute atomic E-state index is 11.7.